The second-order valence-electron chi connectivity index (χ2n) is 5.22. The number of thiazole rings is 1. The highest BCUT2D eigenvalue weighted by Gasteiger charge is 2.23. The minimum atomic E-state index is -1.06. The van der Waals surface area contributed by atoms with Crippen molar-refractivity contribution in [1.82, 2.24) is 10.3 Å². The first-order chi connectivity index (χ1) is 11.1. The van der Waals surface area contributed by atoms with Gasteiger partial charge in [-0.3, -0.25) is 4.79 Å². The van der Waals surface area contributed by atoms with Crippen LogP contribution < -0.4 is 5.32 Å². The lowest BCUT2D eigenvalue weighted by atomic mass is 9.96. The van der Waals surface area contributed by atoms with Crippen LogP contribution in [0.1, 0.15) is 39.1 Å². The summed E-state index contributed by atoms with van der Waals surface area (Å²) < 4.78 is 5.71. The molecule has 2 aromatic rings. The topological polar surface area (TPSA) is 88.5 Å². The molecule has 0 saturated carbocycles. The Morgan fingerprint density at radius 2 is 2.22 bits per heavy atom. The van der Waals surface area contributed by atoms with Gasteiger partial charge in [-0.1, -0.05) is 24.3 Å². The molecule has 1 atom stereocenters. The van der Waals surface area contributed by atoms with Crippen molar-refractivity contribution in [3.8, 4) is 0 Å². The van der Waals surface area contributed by atoms with Crippen LogP contribution in [0, 0.1) is 0 Å². The molecule has 0 unspecified atom stereocenters. The summed E-state index contributed by atoms with van der Waals surface area (Å²) in [7, 11) is 0. The lowest BCUT2D eigenvalue weighted by molar-refractivity contribution is -0.124. The summed E-state index contributed by atoms with van der Waals surface area (Å²) in [5.74, 6) is -1.20. The summed E-state index contributed by atoms with van der Waals surface area (Å²) >= 11 is 1.22. The number of benzene rings is 1. The van der Waals surface area contributed by atoms with Crippen LogP contribution >= 0.6 is 11.3 Å². The number of nitrogens with one attached hydrogen (secondary N) is 1. The van der Waals surface area contributed by atoms with Crippen molar-refractivity contribution in [2.24, 2.45) is 0 Å². The van der Waals surface area contributed by atoms with E-state index in [4.69, 9.17) is 9.84 Å². The Morgan fingerprint density at radius 1 is 1.39 bits per heavy atom. The quantitative estimate of drug-likeness (QED) is 0.876. The molecule has 23 heavy (non-hydrogen) atoms. The van der Waals surface area contributed by atoms with E-state index in [2.05, 4.69) is 16.4 Å². The number of carbonyl (C=O) groups excluding carboxylic acids is 1. The van der Waals surface area contributed by atoms with Gasteiger partial charge in [0.05, 0.1) is 25.7 Å². The summed E-state index contributed by atoms with van der Waals surface area (Å²) in [6, 6.07) is 7.99. The van der Waals surface area contributed by atoms with Crippen LogP contribution in [-0.2, 0) is 22.5 Å². The molecule has 1 amide bonds. The van der Waals surface area contributed by atoms with Crippen LogP contribution in [0.4, 0.5) is 0 Å². The third-order valence-electron chi connectivity index (χ3n) is 3.67. The highest BCUT2D eigenvalue weighted by Crippen LogP contribution is 2.29. The van der Waals surface area contributed by atoms with Crippen molar-refractivity contribution in [3.63, 3.8) is 0 Å². The Hall–Kier alpha value is -2.25. The van der Waals surface area contributed by atoms with Crippen LogP contribution in [0.5, 0.6) is 0 Å². The molecule has 1 aliphatic rings. The summed E-state index contributed by atoms with van der Waals surface area (Å²) in [6.07, 6.45) is 0.880. The van der Waals surface area contributed by atoms with E-state index in [1.807, 2.05) is 18.2 Å². The second-order valence-corrected chi connectivity index (χ2v) is 6.16. The van der Waals surface area contributed by atoms with Crippen LogP contribution in [0.2, 0.25) is 0 Å². The van der Waals surface area contributed by atoms with Crippen molar-refractivity contribution in [1.29, 1.82) is 0 Å². The van der Waals surface area contributed by atoms with E-state index in [0.29, 0.717) is 11.6 Å². The first-order valence-corrected chi connectivity index (χ1v) is 8.15. The molecular weight excluding hydrogens is 316 g/mol. The highest BCUT2D eigenvalue weighted by atomic mass is 32.1. The molecule has 0 aliphatic carbocycles. The fraction of sp³-hybridized carbons (Fsp3) is 0.312. The van der Waals surface area contributed by atoms with Crippen LogP contribution in [0.25, 0.3) is 0 Å². The zero-order chi connectivity index (χ0) is 16.2. The maximum atomic E-state index is 12.1. The lowest BCUT2D eigenvalue weighted by Gasteiger charge is -2.25. The molecule has 0 fully saturated rings. The first kappa shape index (κ1) is 15.6. The smallest absolute Gasteiger partial charge is 0.355 e. The van der Waals surface area contributed by atoms with Gasteiger partial charge in [-0.05, 0) is 17.5 Å². The number of fused-ring (bicyclic) bond motifs is 1. The van der Waals surface area contributed by atoms with E-state index >= 15 is 0 Å². The molecule has 1 aromatic carbocycles. The molecule has 2 N–H and O–H groups in total. The average molecular weight is 332 g/mol. The molecule has 0 radical (unpaired) electrons. The number of hydrogen-bond donors (Lipinski definition) is 2. The van der Waals surface area contributed by atoms with E-state index < -0.39 is 5.97 Å². The molecule has 3 rings (SSSR count). The second kappa shape index (κ2) is 6.89. The van der Waals surface area contributed by atoms with Gasteiger partial charge in [0.25, 0.3) is 0 Å². The summed E-state index contributed by atoms with van der Waals surface area (Å²) in [5, 5.41) is 13.6. The summed E-state index contributed by atoms with van der Waals surface area (Å²) in [6.45, 7) is 0.842. The number of carboxylic acids is 1. The van der Waals surface area contributed by atoms with Gasteiger partial charge >= 0.3 is 5.97 Å². The third-order valence-corrected chi connectivity index (χ3v) is 4.52. The predicted octanol–water partition coefficient (Wildman–Crippen LogP) is 2.16. The Morgan fingerprint density at radius 3 is 3.00 bits per heavy atom. The van der Waals surface area contributed by atoms with Gasteiger partial charge in [0, 0.05) is 5.38 Å². The Balaban J connectivity index is 1.56. The van der Waals surface area contributed by atoms with Gasteiger partial charge in [0.15, 0.2) is 5.69 Å². The largest absolute Gasteiger partial charge is 0.476 e. The van der Waals surface area contributed by atoms with Gasteiger partial charge in [-0.15, -0.1) is 11.3 Å². The number of hydrogen-bond acceptors (Lipinski definition) is 5. The number of nitrogens with zero attached hydrogens (tertiary/aromatic N) is 1. The summed E-state index contributed by atoms with van der Waals surface area (Å²) in [4.78, 5) is 26.8. The number of aromatic nitrogens is 1. The molecule has 1 aliphatic heterocycles. The van der Waals surface area contributed by atoms with Gasteiger partial charge in [0.2, 0.25) is 5.91 Å². The van der Waals surface area contributed by atoms with Crippen LogP contribution in [0.15, 0.2) is 29.6 Å². The van der Waals surface area contributed by atoms with Gasteiger partial charge in [0.1, 0.15) is 5.01 Å². The minimum Gasteiger partial charge on any atom is -0.476 e. The fourth-order valence-electron chi connectivity index (χ4n) is 2.55. The number of rotatable bonds is 5. The standard InChI is InChI=1S/C16H16N2O4S/c19-14(17-8-15-18-12(9-23-15)16(20)21)7-13-11-4-2-1-3-10(11)5-6-22-13/h1-4,9,13H,5-8H2,(H,17,19)(H,20,21)/t13-/m1/s1. The van der Waals surface area contributed by atoms with Crippen molar-refractivity contribution in [2.45, 2.75) is 25.5 Å². The van der Waals surface area contributed by atoms with Crippen molar-refractivity contribution in [2.75, 3.05) is 6.61 Å². The zero-order valence-electron chi connectivity index (χ0n) is 12.3. The zero-order valence-corrected chi connectivity index (χ0v) is 13.1. The number of carboxylic acid groups (broad SMARTS) is 1. The van der Waals surface area contributed by atoms with Crippen LogP contribution in [-0.4, -0.2) is 28.6 Å². The minimum absolute atomic E-state index is 0.00351. The van der Waals surface area contributed by atoms with Crippen molar-refractivity contribution < 1.29 is 19.4 Å². The maximum Gasteiger partial charge on any atom is 0.355 e. The monoisotopic (exact) mass is 332 g/mol. The lowest BCUT2D eigenvalue weighted by Crippen LogP contribution is -2.27. The average Bonchev–Trinajstić information content (AvgIpc) is 3.03. The molecule has 0 saturated heterocycles. The van der Waals surface area contributed by atoms with Gasteiger partial charge < -0.3 is 15.2 Å². The SMILES string of the molecule is O=C(C[C@H]1OCCc2ccccc21)NCc1nc(C(=O)O)cs1. The Bertz CT molecular complexity index is 728. The number of carbonyl (C=O) groups is 2. The summed E-state index contributed by atoms with van der Waals surface area (Å²) in [5.41, 5.74) is 2.29. The molecule has 0 spiro atoms. The molecule has 0 bridgehead atoms. The molecule has 7 heteroatoms. The highest BCUT2D eigenvalue weighted by molar-refractivity contribution is 7.09. The van der Waals surface area contributed by atoms with Crippen molar-refractivity contribution >= 4 is 23.2 Å². The Labute approximate surface area is 137 Å². The van der Waals surface area contributed by atoms with Gasteiger partial charge in [-0.2, -0.15) is 0 Å². The number of amides is 1. The number of ether oxygens (including phenoxy) is 1. The van der Waals surface area contributed by atoms with E-state index in [1.165, 1.54) is 22.3 Å². The molecule has 6 nitrogen and oxygen atoms in total. The molecule has 2 heterocycles. The van der Waals surface area contributed by atoms with E-state index in [-0.39, 0.29) is 30.7 Å². The van der Waals surface area contributed by atoms with E-state index in [1.54, 1.807) is 0 Å². The van der Waals surface area contributed by atoms with Crippen molar-refractivity contribution in [3.05, 3.63) is 51.5 Å². The molecule has 120 valence electrons. The van der Waals surface area contributed by atoms with E-state index in [9.17, 15) is 9.59 Å². The molecular formula is C16H16N2O4S. The number of aromatic carboxylic acids is 1. The maximum absolute atomic E-state index is 12.1. The fourth-order valence-corrected chi connectivity index (χ4v) is 3.26. The molecule has 1 aromatic heterocycles. The predicted molar refractivity (Wildman–Crippen MR) is 84.4 cm³/mol. The first-order valence-electron chi connectivity index (χ1n) is 7.27. The van der Waals surface area contributed by atoms with Crippen LogP contribution in [0.3, 0.4) is 0 Å². The van der Waals surface area contributed by atoms with Gasteiger partial charge in [-0.25, -0.2) is 9.78 Å². The third kappa shape index (κ3) is 3.75. The normalized spacial score (nSPS) is 16.6. The van der Waals surface area contributed by atoms with E-state index in [0.717, 1.165) is 12.0 Å². The Kier molecular flexibility index (Phi) is 4.68.